The second-order valence-electron chi connectivity index (χ2n) is 4.13. The second kappa shape index (κ2) is 6.28. The van der Waals surface area contributed by atoms with Gasteiger partial charge in [0.25, 0.3) is 0 Å². The van der Waals surface area contributed by atoms with Crippen LogP contribution in [0.5, 0.6) is 5.75 Å². The highest BCUT2D eigenvalue weighted by Crippen LogP contribution is 2.14. The number of rotatable bonds is 5. The maximum Gasteiger partial charge on any atom is 0.119 e. The number of benzene rings is 1. The van der Waals surface area contributed by atoms with Gasteiger partial charge in [0.1, 0.15) is 5.75 Å². The van der Waals surface area contributed by atoms with Crippen molar-refractivity contribution in [3.63, 3.8) is 0 Å². The van der Waals surface area contributed by atoms with Crippen molar-refractivity contribution in [2.45, 2.75) is 27.2 Å². The third-order valence-electron chi connectivity index (χ3n) is 2.07. The van der Waals surface area contributed by atoms with Gasteiger partial charge in [0.2, 0.25) is 0 Å². The van der Waals surface area contributed by atoms with E-state index in [1.54, 1.807) is 0 Å². The lowest BCUT2D eigenvalue weighted by Crippen LogP contribution is -2.04. The van der Waals surface area contributed by atoms with Crippen molar-refractivity contribution >= 4 is 0 Å². The minimum Gasteiger partial charge on any atom is -0.493 e. The van der Waals surface area contributed by atoms with E-state index in [2.05, 4.69) is 44.2 Å². The molecule has 0 aromatic heterocycles. The molecule has 0 aliphatic heterocycles. The van der Waals surface area contributed by atoms with E-state index in [0.717, 1.165) is 18.8 Å². The van der Waals surface area contributed by atoms with Crippen LogP contribution < -0.4 is 4.74 Å². The van der Waals surface area contributed by atoms with Crippen LogP contribution in [0.3, 0.4) is 0 Å². The summed E-state index contributed by atoms with van der Waals surface area (Å²) >= 11 is 0. The summed E-state index contributed by atoms with van der Waals surface area (Å²) in [7, 11) is 0. The van der Waals surface area contributed by atoms with Gasteiger partial charge >= 0.3 is 0 Å². The van der Waals surface area contributed by atoms with E-state index in [0.29, 0.717) is 5.92 Å². The lowest BCUT2D eigenvalue weighted by molar-refractivity contribution is 0.271. The molecule has 0 radical (unpaired) electrons. The van der Waals surface area contributed by atoms with Crippen molar-refractivity contribution in [2.24, 2.45) is 5.92 Å². The normalized spacial score (nSPS) is 11.2. The molecule has 82 valence electrons. The second-order valence-corrected chi connectivity index (χ2v) is 4.13. The zero-order valence-electron chi connectivity index (χ0n) is 9.86. The average Bonchev–Trinajstić information content (AvgIpc) is 2.24. The topological polar surface area (TPSA) is 9.23 Å². The Balaban J connectivity index is 2.57. The van der Waals surface area contributed by atoms with Gasteiger partial charge in [0.15, 0.2) is 0 Å². The first kappa shape index (κ1) is 11.8. The first-order valence-corrected chi connectivity index (χ1v) is 5.55. The van der Waals surface area contributed by atoms with Gasteiger partial charge in [0, 0.05) is 0 Å². The molecule has 0 saturated heterocycles. The largest absolute Gasteiger partial charge is 0.493 e. The molecule has 1 aromatic carbocycles. The monoisotopic (exact) mass is 204 g/mol. The van der Waals surface area contributed by atoms with Crippen LogP contribution in [0.25, 0.3) is 0 Å². The quantitative estimate of drug-likeness (QED) is 0.662. The Morgan fingerprint density at radius 3 is 2.80 bits per heavy atom. The molecule has 0 unspecified atom stereocenters. The number of hydrogen-bond donors (Lipinski definition) is 0. The molecule has 15 heavy (non-hydrogen) atoms. The first-order chi connectivity index (χ1) is 7.22. The molecule has 1 aromatic rings. The van der Waals surface area contributed by atoms with E-state index in [1.807, 2.05) is 13.0 Å². The average molecular weight is 204 g/mol. The fourth-order valence-electron chi connectivity index (χ4n) is 1.28. The lowest BCUT2D eigenvalue weighted by Gasteiger charge is -2.09. The highest BCUT2D eigenvalue weighted by molar-refractivity contribution is 5.29. The summed E-state index contributed by atoms with van der Waals surface area (Å²) in [6.07, 6.45) is 5.21. The van der Waals surface area contributed by atoms with Crippen molar-refractivity contribution in [3.05, 3.63) is 42.0 Å². The van der Waals surface area contributed by atoms with Crippen LogP contribution >= 0.6 is 0 Å². The van der Waals surface area contributed by atoms with Crippen molar-refractivity contribution in [3.8, 4) is 5.75 Å². The summed E-state index contributed by atoms with van der Waals surface area (Å²) in [5.74, 6) is 1.55. The summed E-state index contributed by atoms with van der Waals surface area (Å²) in [5.41, 5.74) is 1.30. The van der Waals surface area contributed by atoms with E-state index < -0.39 is 0 Å². The number of ether oxygens (including phenoxy) is 1. The maximum atomic E-state index is 5.66. The highest BCUT2D eigenvalue weighted by Gasteiger charge is 1.97. The van der Waals surface area contributed by atoms with Crippen molar-refractivity contribution in [1.29, 1.82) is 0 Å². The van der Waals surface area contributed by atoms with Gasteiger partial charge in [-0.3, -0.25) is 0 Å². The van der Waals surface area contributed by atoms with E-state index in [4.69, 9.17) is 4.74 Å². The summed E-state index contributed by atoms with van der Waals surface area (Å²) in [6, 6.07) is 8.31. The molecule has 1 nitrogen and oxygen atoms in total. The van der Waals surface area contributed by atoms with Crippen molar-refractivity contribution in [1.82, 2.24) is 0 Å². The molecule has 0 heterocycles. The fourth-order valence-corrected chi connectivity index (χ4v) is 1.28. The molecule has 0 spiro atoms. The van der Waals surface area contributed by atoms with Crippen LogP contribution in [0.4, 0.5) is 0 Å². The Kier molecular flexibility index (Phi) is 4.96. The molecular formula is C14H20O. The minimum atomic E-state index is 0.573. The summed E-state index contributed by atoms with van der Waals surface area (Å²) in [6.45, 7) is 7.14. The van der Waals surface area contributed by atoms with Gasteiger partial charge in [0.05, 0.1) is 6.61 Å². The summed E-state index contributed by atoms with van der Waals surface area (Å²) in [5, 5.41) is 0. The van der Waals surface area contributed by atoms with Crippen LogP contribution in [0.1, 0.15) is 26.3 Å². The van der Waals surface area contributed by atoms with E-state index in [9.17, 15) is 0 Å². The molecule has 1 rings (SSSR count). The van der Waals surface area contributed by atoms with Gasteiger partial charge < -0.3 is 4.74 Å². The molecule has 0 atom stereocenters. The van der Waals surface area contributed by atoms with Crippen LogP contribution in [-0.4, -0.2) is 6.61 Å². The molecule has 0 aliphatic carbocycles. The van der Waals surface area contributed by atoms with Crippen molar-refractivity contribution < 1.29 is 4.74 Å². The van der Waals surface area contributed by atoms with Crippen LogP contribution in [0, 0.1) is 5.92 Å². The van der Waals surface area contributed by atoms with Crippen LogP contribution in [-0.2, 0) is 6.42 Å². The molecule has 0 aliphatic rings. The van der Waals surface area contributed by atoms with E-state index in [-0.39, 0.29) is 0 Å². The van der Waals surface area contributed by atoms with Crippen LogP contribution in [0.2, 0.25) is 0 Å². The van der Waals surface area contributed by atoms with E-state index in [1.165, 1.54) is 5.56 Å². The molecule has 0 N–H and O–H groups in total. The lowest BCUT2D eigenvalue weighted by atomic mass is 10.1. The number of allylic oxidation sites excluding steroid dienone is 2. The zero-order chi connectivity index (χ0) is 11.1. The Bertz CT molecular complexity index is 313. The summed E-state index contributed by atoms with van der Waals surface area (Å²) < 4.78 is 5.66. The number of hydrogen-bond acceptors (Lipinski definition) is 1. The molecule has 0 fully saturated rings. The fraction of sp³-hybridized carbons (Fsp3) is 0.429. The summed E-state index contributed by atoms with van der Waals surface area (Å²) in [4.78, 5) is 0. The predicted octanol–water partition coefficient (Wildman–Crippen LogP) is 3.84. The Labute approximate surface area is 92.8 Å². The first-order valence-electron chi connectivity index (χ1n) is 5.55. The standard InChI is InChI=1S/C14H20O/c1-4-5-7-13-8-6-9-14(10-13)15-11-12(2)3/h4-6,8-10,12H,7,11H2,1-3H3. The maximum absolute atomic E-state index is 5.66. The van der Waals surface area contributed by atoms with Gasteiger partial charge in [-0.05, 0) is 37.0 Å². The van der Waals surface area contributed by atoms with Crippen LogP contribution in [0.15, 0.2) is 36.4 Å². The third kappa shape index (κ3) is 4.68. The third-order valence-corrected chi connectivity index (χ3v) is 2.07. The highest BCUT2D eigenvalue weighted by atomic mass is 16.5. The molecule has 0 saturated carbocycles. The van der Waals surface area contributed by atoms with Gasteiger partial charge in [-0.1, -0.05) is 38.1 Å². The Morgan fingerprint density at radius 2 is 2.13 bits per heavy atom. The van der Waals surface area contributed by atoms with Gasteiger partial charge in [-0.2, -0.15) is 0 Å². The van der Waals surface area contributed by atoms with E-state index >= 15 is 0 Å². The van der Waals surface area contributed by atoms with Gasteiger partial charge in [-0.25, -0.2) is 0 Å². The molecule has 0 amide bonds. The smallest absolute Gasteiger partial charge is 0.119 e. The predicted molar refractivity (Wildman–Crippen MR) is 65.3 cm³/mol. The zero-order valence-corrected chi connectivity index (χ0v) is 9.86. The molecule has 1 heteroatoms. The molecule has 0 bridgehead atoms. The van der Waals surface area contributed by atoms with Crippen molar-refractivity contribution in [2.75, 3.05) is 6.61 Å². The Morgan fingerprint density at radius 1 is 1.33 bits per heavy atom. The SMILES string of the molecule is CC=CCc1cccc(OCC(C)C)c1. The van der Waals surface area contributed by atoms with Gasteiger partial charge in [-0.15, -0.1) is 0 Å². The molecular weight excluding hydrogens is 184 g/mol. The Hall–Kier alpha value is -1.24. The minimum absolute atomic E-state index is 0.573.